The minimum Gasteiger partial charge on any atom is -0.322 e. The lowest BCUT2D eigenvalue weighted by Gasteiger charge is -2.19. The maximum absolute atomic E-state index is 12.0. The van der Waals surface area contributed by atoms with E-state index < -0.39 is 0 Å². The van der Waals surface area contributed by atoms with Gasteiger partial charge in [-0.2, -0.15) is 0 Å². The van der Waals surface area contributed by atoms with E-state index in [1.807, 2.05) is 30.3 Å². The van der Waals surface area contributed by atoms with Gasteiger partial charge in [-0.25, -0.2) is 0 Å². The van der Waals surface area contributed by atoms with Gasteiger partial charge < -0.3 is 10.3 Å². The molecule has 19 heavy (non-hydrogen) atoms. The molecule has 0 fully saturated rings. The highest BCUT2D eigenvalue weighted by atomic mass is 16.1. The number of para-hydroxylation sites is 1. The van der Waals surface area contributed by atoms with Crippen LogP contribution in [0.15, 0.2) is 35.1 Å². The van der Waals surface area contributed by atoms with Crippen LogP contribution in [-0.4, -0.2) is 11.0 Å². The van der Waals surface area contributed by atoms with Crippen LogP contribution < -0.4 is 10.9 Å². The summed E-state index contributed by atoms with van der Waals surface area (Å²) in [6.45, 7) is 7.20. The van der Waals surface area contributed by atoms with E-state index in [1.54, 1.807) is 0 Å². The second-order valence-corrected chi connectivity index (χ2v) is 5.27. The summed E-state index contributed by atoms with van der Waals surface area (Å²) in [5, 5.41) is 4.51. The van der Waals surface area contributed by atoms with E-state index in [0.29, 0.717) is 18.5 Å². The molecule has 0 saturated heterocycles. The van der Waals surface area contributed by atoms with Crippen LogP contribution >= 0.6 is 0 Å². The number of rotatable bonds is 5. The molecule has 1 aromatic carbocycles. The number of aromatic amines is 1. The fourth-order valence-electron chi connectivity index (χ4n) is 2.15. The lowest BCUT2D eigenvalue weighted by molar-refractivity contribution is 0.389. The van der Waals surface area contributed by atoms with Gasteiger partial charge in [0.15, 0.2) is 0 Å². The summed E-state index contributed by atoms with van der Waals surface area (Å²) in [5.74, 6) is 0.611. The van der Waals surface area contributed by atoms with Gasteiger partial charge in [0.25, 0.3) is 5.56 Å². The highest BCUT2D eigenvalue weighted by Gasteiger charge is 2.10. The molecule has 2 atom stereocenters. The Morgan fingerprint density at radius 1 is 1.26 bits per heavy atom. The molecular weight excluding hydrogens is 236 g/mol. The summed E-state index contributed by atoms with van der Waals surface area (Å²) in [6.07, 6.45) is 1.14. The van der Waals surface area contributed by atoms with Crippen molar-refractivity contribution < 1.29 is 0 Å². The number of benzene rings is 1. The zero-order chi connectivity index (χ0) is 13.8. The first kappa shape index (κ1) is 13.8. The summed E-state index contributed by atoms with van der Waals surface area (Å²) in [7, 11) is 0. The Morgan fingerprint density at radius 2 is 2.00 bits per heavy atom. The first-order valence-corrected chi connectivity index (χ1v) is 6.96. The summed E-state index contributed by atoms with van der Waals surface area (Å²) >= 11 is 0. The smallest absolute Gasteiger partial charge is 0.252 e. The van der Waals surface area contributed by atoms with Crippen LogP contribution in [0.25, 0.3) is 10.9 Å². The highest BCUT2D eigenvalue weighted by molar-refractivity contribution is 5.78. The molecule has 0 saturated carbocycles. The number of H-pyrrole nitrogens is 1. The molecule has 0 aliphatic rings. The summed E-state index contributed by atoms with van der Waals surface area (Å²) in [4.78, 5) is 14.9. The molecule has 1 aromatic heterocycles. The molecule has 0 aliphatic heterocycles. The van der Waals surface area contributed by atoms with Gasteiger partial charge in [0.1, 0.15) is 0 Å². The van der Waals surface area contributed by atoms with E-state index >= 15 is 0 Å². The molecule has 0 bridgehead atoms. The Bertz CT molecular complexity index is 603. The van der Waals surface area contributed by atoms with E-state index in [4.69, 9.17) is 0 Å². The third-order valence-electron chi connectivity index (χ3n) is 3.94. The standard InChI is InChI=1S/C16H22N2O/c1-4-11(2)12(3)17-10-14-9-13-7-5-6-8-15(13)18-16(14)19/h5-9,11-12,17H,4,10H2,1-3H3,(H,18,19). The van der Waals surface area contributed by atoms with Gasteiger partial charge in [-0.3, -0.25) is 4.79 Å². The van der Waals surface area contributed by atoms with E-state index in [0.717, 1.165) is 22.9 Å². The van der Waals surface area contributed by atoms with Crippen molar-refractivity contribution >= 4 is 10.9 Å². The number of fused-ring (bicyclic) bond motifs is 1. The molecule has 102 valence electrons. The summed E-state index contributed by atoms with van der Waals surface area (Å²) in [5.41, 5.74) is 1.70. The van der Waals surface area contributed by atoms with Crippen molar-refractivity contribution in [1.82, 2.24) is 10.3 Å². The SMILES string of the molecule is CCC(C)C(C)NCc1cc2ccccc2[nH]c1=O. The predicted molar refractivity (Wildman–Crippen MR) is 80.3 cm³/mol. The van der Waals surface area contributed by atoms with E-state index in [1.165, 1.54) is 0 Å². The molecule has 0 amide bonds. The third-order valence-corrected chi connectivity index (χ3v) is 3.94. The minimum atomic E-state index is 0.00236. The zero-order valence-electron chi connectivity index (χ0n) is 11.9. The van der Waals surface area contributed by atoms with Gasteiger partial charge in [0.05, 0.1) is 0 Å². The van der Waals surface area contributed by atoms with Crippen LogP contribution in [0.2, 0.25) is 0 Å². The fourth-order valence-corrected chi connectivity index (χ4v) is 2.15. The number of nitrogens with one attached hydrogen (secondary N) is 2. The van der Waals surface area contributed by atoms with Gasteiger partial charge in [0.2, 0.25) is 0 Å². The molecule has 0 spiro atoms. The molecule has 2 N–H and O–H groups in total. The van der Waals surface area contributed by atoms with Gasteiger partial charge in [0, 0.05) is 23.7 Å². The van der Waals surface area contributed by atoms with Crippen LogP contribution in [0.4, 0.5) is 0 Å². The highest BCUT2D eigenvalue weighted by Crippen LogP contribution is 2.11. The number of pyridine rings is 1. The van der Waals surface area contributed by atoms with Crippen LogP contribution in [0, 0.1) is 5.92 Å². The molecule has 0 aliphatic carbocycles. The monoisotopic (exact) mass is 258 g/mol. The van der Waals surface area contributed by atoms with Crippen LogP contribution in [0.3, 0.4) is 0 Å². The minimum absolute atomic E-state index is 0.00236. The first-order chi connectivity index (χ1) is 9.11. The van der Waals surface area contributed by atoms with Crippen LogP contribution in [0.5, 0.6) is 0 Å². The Kier molecular flexibility index (Phi) is 4.38. The third kappa shape index (κ3) is 3.24. The maximum Gasteiger partial charge on any atom is 0.252 e. The molecular formula is C16H22N2O. The van der Waals surface area contributed by atoms with Crippen molar-refractivity contribution in [3.05, 3.63) is 46.2 Å². The largest absolute Gasteiger partial charge is 0.322 e. The molecule has 3 nitrogen and oxygen atoms in total. The van der Waals surface area contributed by atoms with Gasteiger partial charge in [-0.05, 0) is 30.4 Å². The predicted octanol–water partition coefficient (Wildman–Crippen LogP) is 3.05. The first-order valence-electron chi connectivity index (χ1n) is 6.96. The Morgan fingerprint density at radius 3 is 2.74 bits per heavy atom. The fraction of sp³-hybridized carbons (Fsp3) is 0.438. The van der Waals surface area contributed by atoms with Gasteiger partial charge >= 0.3 is 0 Å². The van der Waals surface area contributed by atoms with E-state index in [-0.39, 0.29) is 5.56 Å². The second kappa shape index (κ2) is 6.02. The van der Waals surface area contributed by atoms with E-state index in [9.17, 15) is 4.79 Å². The van der Waals surface area contributed by atoms with Crippen LogP contribution in [-0.2, 0) is 6.54 Å². The van der Waals surface area contributed by atoms with Crippen LogP contribution in [0.1, 0.15) is 32.8 Å². The Hall–Kier alpha value is -1.61. The normalized spacial score (nSPS) is 14.5. The van der Waals surface area contributed by atoms with E-state index in [2.05, 4.69) is 31.1 Å². The number of hydrogen-bond acceptors (Lipinski definition) is 2. The number of hydrogen-bond donors (Lipinski definition) is 2. The van der Waals surface area contributed by atoms with Crippen molar-refractivity contribution in [3.63, 3.8) is 0 Å². The number of aromatic nitrogens is 1. The second-order valence-electron chi connectivity index (χ2n) is 5.27. The van der Waals surface area contributed by atoms with Crippen molar-refractivity contribution in [3.8, 4) is 0 Å². The summed E-state index contributed by atoms with van der Waals surface area (Å²) < 4.78 is 0. The Labute approximate surface area is 114 Å². The molecule has 1 heterocycles. The molecule has 2 unspecified atom stereocenters. The lowest BCUT2D eigenvalue weighted by Crippen LogP contribution is -2.33. The lowest BCUT2D eigenvalue weighted by atomic mass is 10.0. The van der Waals surface area contributed by atoms with Crippen molar-refractivity contribution in [2.45, 2.75) is 39.8 Å². The van der Waals surface area contributed by atoms with Crippen molar-refractivity contribution in [2.24, 2.45) is 5.92 Å². The average molecular weight is 258 g/mol. The van der Waals surface area contributed by atoms with Crippen molar-refractivity contribution in [2.75, 3.05) is 0 Å². The Balaban J connectivity index is 2.17. The summed E-state index contributed by atoms with van der Waals surface area (Å²) in [6, 6.07) is 10.3. The molecule has 0 radical (unpaired) electrons. The molecule has 3 heteroatoms. The molecule has 2 aromatic rings. The van der Waals surface area contributed by atoms with Crippen molar-refractivity contribution in [1.29, 1.82) is 0 Å². The maximum atomic E-state index is 12.0. The average Bonchev–Trinajstić information content (AvgIpc) is 2.43. The van der Waals surface area contributed by atoms with Gasteiger partial charge in [-0.15, -0.1) is 0 Å². The molecule has 2 rings (SSSR count). The zero-order valence-corrected chi connectivity index (χ0v) is 11.9. The van der Waals surface area contributed by atoms with Gasteiger partial charge in [-0.1, -0.05) is 38.5 Å². The topological polar surface area (TPSA) is 44.9 Å². The quantitative estimate of drug-likeness (QED) is 0.865.